The standard InChI is InChI=1S/C14H11F3N2O/c15-11-6-10(13(17)12(16)7-11)8-19(18)14(20)9-4-2-1-3-5-9/h1-7H,8,18H2. The highest BCUT2D eigenvalue weighted by molar-refractivity contribution is 5.93. The molecule has 0 aliphatic carbocycles. The third kappa shape index (κ3) is 2.97. The van der Waals surface area contributed by atoms with E-state index in [2.05, 4.69) is 0 Å². The van der Waals surface area contributed by atoms with Gasteiger partial charge in [-0.2, -0.15) is 0 Å². The van der Waals surface area contributed by atoms with Gasteiger partial charge in [-0.05, 0) is 18.2 Å². The molecule has 104 valence electrons. The van der Waals surface area contributed by atoms with E-state index in [9.17, 15) is 18.0 Å². The highest BCUT2D eigenvalue weighted by Gasteiger charge is 2.17. The number of hydrogen-bond donors (Lipinski definition) is 1. The molecule has 0 fully saturated rings. The van der Waals surface area contributed by atoms with Gasteiger partial charge in [-0.25, -0.2) is 19.0 Å². The molecule has 0 aliphatic rings. The molecule has 0 saturated carbocycles. The Kier molecular flexibility index (Phi) is 4.05. The van der Waals surface area contributed by atoms with E-state index in [4.69, 9.17) is 5.84 Å². The fourth-order valence-corrected chi connectivity index (χ4v) is 1.73. The van der Waals surface area contributed by atoms with Crippen molar-refractivity contribution in [1.29, 1.82) is 0 Å². The van der Waals surface area contributed by atoms with E-state index in [1.165, 1.54) is 12.1 Å². The molecule has 1 amide bonds. The number of rotatable bonds is 3. The van der Waals surface area contributed by atoms with Gasteiger partial charge in [0.25, 0.3) is 5.91 Å². The predicted octanol–water partition coefficient (Wildman–Crippen LogP) is 2.62. The highest BCUT2D eigenvalue weighted by atomic mass is 19.2. The maximum absolute atomic E-state index is 13.5. The molecule has 2 aromatic rings. The quantitative estimate of drug-likeness (QED) is 0.406. The summed E-state index contributed by atoms with van der Waals surface area (Å²) in [6.45, 7) is -0.436. The molecule has 3 nitrogen and oxygen atoms in total. The largest absolute Gasteiger partial charge is 0.272 e. The van der Waals surface area contributed by atoms with Gasteiger partial charge in [-0.15, -0.1) is 0 Å². The number of hydrazine groups is 1. The van der Waals surface area contributed by atoms with Crippen molar-refractivity contribution >= 4 is 5.91 Å². The minimum atomic E-state index is -1.32. The summed E-state index contributed by atoms with van der Waals surface area (Å²) in [5.74, 6) is 1.48. The number of benzene rings is 2. The van der Waals surface area contributed by atoms with Gasteiger partial charge in [-0.1, -0.05) is 18.2 Å². The number of hydrogen-bond acceptors (Lipinski definition) is 2. The minimum Gasteiger partial charge on any atom is -0.272 e. The second-order valence-electron chi connectivity index (χ2n) is 4.16. The van der Waals surface area contributed by atoms with E-state index in [0.29, 0.717) is 16.6 Å². The van der Waals surface area contributed by atoms with Crippen LogP contribution in [0, 0.1) is 17.5 Å². The van der Waals surface area contributed by atoms with Gasteiger partial charge in [0.15, 0.2) is 11.6 Å². The van der Waals surface area contributed by atoms with Crippen LogP contribution >= 0.6 is 0 Å². The minimum absolute atomic E-state index is 0.298. The predicted molar refractivity (Wildman–Crippen MR) is 66.8 cm³/mol. The van der Waals surface area contributed by atoms with Crippen LogP contribution in [0.2, 0.25) is 0 Å². The Balaban J connectivity index is 2.20. The van der Waals surface area contributed by atoms with E-state index in [0.717, 1.165) is 6.07 Å². The lowest BCUT2D eigenvalue weighted by molar-refractivity contribution is 0.0741. The maximum Gasteiger partial charge on any atom is 0.268 e. The van der Waals surface area contributed by atoms with E-state index >= 15 is 0 Å². The van der Waals surface area contributed by atoms with Gasteiger partial charge in [0.05, 0.1) is 6.54 Å². The Hall–Kier alpha value is -2.34. The Labute approximate surface area is 113 Å². The fourth-order valence-electron chi connectivity index (χ4n) is 1.73. The van der Waals surface area contributed by atoms with Crippen LogP contribution in [-0.4, -0.2) is 10.9 Å². The lowest BCUT2D eigenvalue weighted by atomic mass is 10.1. The smallest absolute Gasteiger partial charge is 0.268 e. The summed E-state index contributed by atoms with van der Waals surface area (Å²) in [7, 11) is 0. The molecule has 20 heavy (non-hydrogen) atoms. The Morgan fingerprint density at radius 3 is 2.40 bits per heavy atom. The number of carbonyl (C=O) groups excluding carboxylic acids is 1. The zero-order valence-electron chi connectivity index (χ0n) is 10.3. The molecular weight excluding hydrogens is 269 g/mol. The van der Waals surface area contributed by atoms with Crippen molar-refractivity contribution in [3.8, 4) is 0 Å². The topological polar surface area (TPSA) is 46.3 Å². The number of nitrogens with zero attached hydrogens (tertiary/aromatic N) is 1. The van der Waals surface area contributed by atoms with Crippen LogP contribution in [0.25, 0.3) is 0 Å². The molecule has 0 saturated heterocycles. The van der Waals surface area contributed by atoms with Gasteiger partial charge in [-0.3, -0.25) is 9.80 Å². The zero-order valence-corrected chi connectivity index (χ0v) is 10.3. The number of amides is 1. The molecule has 0 atom stereocenters. The van der Waals surface area contributed by atoms with Crippen molar-refractivity contribution < 1.29 is 18.0 Å². The van der Waals surface area contributed by atoms with Crippen LogP contribution in [0.4, 0.5) is 13.2 Å². The normalized spacial score (nSPS) is 10.4. The summed E-state index contributed by atoms with van der Waals surface area (Å²) in [6.07, 6.45) is 0. The monoisotopic (exact) mass is 280 g/mol. The highest BCUT2D eigenvalue weighted by Crippen LogP contribution is 2.16. The SMILES string of the molecule is NN(Cc1cc(F)cc(F)c1F)C(=O)c1ccccc1. The van der Waals surface area contributed by atoms with Crippen LogP contribution in [0.15, 0.2) is 42.5 Å². The van der Waals surface area contributed by atoms with Crippen molar-refractivity contribution in [3.63, 3.8) is 0 Å². The van der Waals surface area contributed by atoms with E-state index < -0.39 is 29.9 Å². The Morgan fingerprint density at radius 1 is 1.10 bits per heavy atom. The van der Waals surface area contributed by atoms with E-state index in [1.54, 1.807) is 18.2 Å². The Bertz CT molecular complexity index is 632. The van der Waals surface area contributed by atoms with Gasteiger partial charge in [0.2, 0.25) is 0 Å². The van der Waals surface area contributed by atoms with Gasteiger partial charge < -0.3 is 0 Å². The van der Waals surface area contributed by atoms with Crippen molar-refractivity contribution in [2.45, 2.75) is 6.54 Å². The van der Waals surface area contributed by atoms with Crippen LogP contribution in [0.1, 0.15) is 15.9 Å². The lowest BCUT2D eigenvalue weighted by Gasteiger charge is -2.17. The van der Waals surface area contributed by atoms with Crippen molar-refractivity contribution in [2.75, 3.05) is 0 Å². The van der Waals surface area contributed by atoms with Crippen molar-refractivity contribution in [3.05, 3.63) is 71.0 Å². The second-order valence-corrected chi connectivity index (χ2v) is 4.16. The molecule has 0 heterocycles. The summed E-state index contributed by atoms with van der Waals surface area (Å²) >= 11 is 0. The second kappa shape index (κ2) is 5.75. The molecule has 0 unspecified atom stereocenters. The summed E-state index contributed by atoms with van der Waals surface area (Å²) in [5.41, 5.74) is -0.0263. The third-order valence-corrected chi connectivity index (χ3v) is 2.69. The zero-order chi connectivity index (χ0) is 14.7. The lowest BCUT2D eigenvalue weighted by Crippen LogP contribution is -2.37. The maximum atomic E-state index is 13.5. The number of nitrogens with two attached hydrogens (primary N) is 1. The number of carbonyl (C=O) groups is 1. The first-order chi connectivity index (χ1) is 9.49. The van der Waals surface area contributed by atoms with Crippen LogP contribution < -0.4 is 5.84 Å². The molecule has 0 aromatic heterocycles. The summed E-state index contributed by atoms with van der Waals surface area (Å²) in [4.78, 5) is 11.9. The summed E-state index contributed by atoms with van der Waals surface area (Å²) in [6, 6.07) is 9.30. The van der Waals surface area contributed by atoms with Gasteiger partial charge in [0, 0.05) is 17.2 Å². The van der Waals surface area contributed by atoms with Crippen LogP contribution in [0.5, 0.6) is 0 Å². The Morgan fingerprint density at radius 2 is 1.75 bits per heavy atom. The summed E-state index contributed by atoms with van der Waals surface area (Å²) < 4.78 is 39.6. The van der Waals surface area contributed by atoms with Crippen molar-refractivity contribution in [2.24, 2.45) is 5.84 Å². The van der Waals surface area contributed by atoms with Crippen molar-refractivity contribution in [1.82, 2.24) is 5.01 Å². The number of halogens is 3. The molecule has 0 aliphatic heterocycles. The first-order valence-electron chi connectivity index (χ1n) is 5.74. The van der Waals surface area contributed by atoms with Gasteiger partial charge in [0.1, 0.15) is 5.82 Å². The van der Waals surface area contributed by atoms with Crippen LogP contribution in [0.3, 0.4) is 0 Å². The molecule has 2 N–H and O–H groups in total. The molecule has 0 spiro atoms. The fraction of sp³-hybridized carbons (Fsp3) is 0.0714. The van der Waals surface area contributed by atoms with Gasteiger partial charge >= 0.3 is 0 Å². The van der Waals surface area contributed by atoms with Crippen LogP contribution in [-0.2, 0) is 6.54 Å². The molecule has 2 aromatic carbocycles. The average molecular weight is 280 g/mol. The van der Waals surface area contributed by atoms with E-state index in [1.807, 2.05) is 0 Å². The first-order valence-corrected chi connectivity index (χ1v) is 5.74. The molecular formula is C14H11F3N2O. The molecule has 6 heteroatoms. The first kappa shape index (κ1) is 14.1. The molecule has 0 bridgehead atoms. The molecule has 2 rings (SSSR count). The third-order valence-electron chi connectivity index (χ3n) is 2.69. The average Bonchev–Trinajstić information content (AvgIpc) is 2.44. The summed E-state index contributed by atoms with van der Waals surface area (Å²) in [5, 5.41) is 0.701. The molecule has 0 radical (unpaired) electrons. The van der Waals surface area contributed by atoms with E-state index in [-0.39, 0.29) is 5.56 Å².